The third-order valence-electron chi connectivity index (χ3n) is 6.84. The third-order valence-corrected chi connectivity index (χ3v) is 6.84. The number of aryl methyl sites for hydroxylation is 1. The SMILES string of the molecule is CO[C@H]1[C@H](N)C[C@H](c2ccncc2Nc2ncc3ccc(-c4c(F)cc(C)cc4F)nn23)C[C@@H]1C. The van der Waals surface area contributed by atoms with Crippen LogP contribution in [0.25, 0.3) is 16.8 Å². The zero-order valence-electron chi connectivity index (χ0n) is 19.9. The van der Waals surface area contributed by atoms with Crippen molar-refractivity contribution in [1.29, 1.82) is 0 Å². The zero-order chi connectivity index (χ0) is 24.7. The summed E-state index contributed by atoms with van der Waals surface area (Å²) in [7, 11) is 1.71. The molecule has 1 aromatic carbocycles. The van der Waals surface area contributed by atoms with Gasteiger partial charge in [0, 0.05) is 19.3 Å². The van der Waals surface area contributed by atoms with E-state index in [1.54, 1.807) is 49.3 Å². The second-order valence-corrected chi connectivity index (χ2v) is 9.34. The molecule has 3 N–H and O–H groups in total. The standard InChI is InChI=1S/C26H28F2N6O/c1-14-8-19(27)24(20(28)9-14)22-5-4-17-12-31-26(34(17)33-22)32-23-13-30-7-6-18(23)16-10-15(2)25(35-3)21(29)11-16/h4-9,12-13,15-16,21,25H,10-11,29H2,1-3H3,(H,31,32)/t15-,16+,21+,25+/m0/s1. The number of nitrogens with two attached hydrogens (primary N) is 1. The molecule has 3 heterocycles. The van der Waals surface area contributed by atoms with Gasteiger partial charge in [0.15, 0.2) is 0 Å². The lowest BCUT2D eigenvalue weighted by Gasteiger charge is -2.38. The van der Waals surface area contributed by atoms with Crippen molar-refractivity contribution in [3.05, 3.63) is 71.7 Å². The van der Waals surface area contributed by atoms with Crippen LogP contribution < -0.4 is 11.1 Å². The topological polar surface area (TPSA) is 90.4 Å². The zero-order valence-corrected chi connectivity index (χ0v) is 19.9. The molecule has 35 heavy (non-hydrogen) atoms. The molecule has 1 aliphatic rings. The van der Waals surface area contributed by atoms with Crippen LogP contribution in [0.4, 0.5) is 20.4 Å². The number of nitrogens with one attached hydrogen (secondary N) is 1. The second-order valence-electron chi connectivity index (χ2n) is 9.34. The molecule has 0 amide bonds. The molecular formula is C26H28F2N6O. The molecule has 1 aliphatic carbocycles. The smallest absolute Gasteiger partial charge is 0.229 e. The van der Waals surface area contributed by atoms with E-state index in [1.165, 1.54) is 12.1 Å². The summed E-state index contributed by atoms with van der Waals surface area (Å²) in [6.07, 6.45) is 6.92. The van der Waals surface area contributed by atoms with Gasteiger partial charge in [0.25, 0.3) is 0 Å². The Morgan fingerprint density at radius 2 is 1.89 bits per heavy atom. The van der Waals surface area contributed by atoms with E-state index < -0.39 is 11.6 Å². The number of pyridine rings is 1. The quantitative estimate of drug-likeness (QED) is 0.421. The Kier molecular flexibility index (Phi) is 6.21. The van der Waals surface area contributed by atoms with Crippen molar-refractivity contribution in [2.75, 3.05) is 12.4 Å². The van der Waals surface area contributed by atoms with E-state index in [0.717, 1.165) is 24.1 Å². The molecule has 4 aromatic rings. The number of methoxy groups -OCH3 is 1. The summed E-state index contributed by atoms with van der Waals surface area (Å²) in [5, 5.41) is 7.83. The number of halogens is 2. The molecule has 5 rings (SSSR count). The van der Waals surface area contributed by atoms with Crippen LogP contribution in [0.2, 0.25) is 0 Å². The minimum Gasteiger partial charge on any atom is -0.380 e. The Labute approximate surface area is 202 Å². The fraction of sp³-hybridized carbons (Fsp3) is 0.346. The van der Waals surface area contributed by atoms with Gasteiger partial charge >= 0.3 is 0 Å². The number of fused-ring (bicyclic) bond motifs is 1. The molecule has 7 nitrogen and oxygen atoms in total. The minimum atomic E-state index is -0.657. The highest BCUT2D eigenvalue weighted by Crippen LogP contribution is 2.40. The highest BCUT2D eigenvalue weighted by atomic mass is 19.1. The maximum Gasteiger partial charge on any atom is 0.229 e. The molecule has 182 valence electrons. The molecule has 0 saturated heterocycles. The number of rotatable bonds is 5. The minimum absolute atomic E-state index is 0.0333. The third kappa shape index (κ3) is 4.37. The lowest BCUT2D eigenvalue weighted by Crippen LogP contribution is -2.45. The highest BCUT2D eigenvalue weighted by Gasteiger charge is 2.35. The maximum absolute atomic E-state index is 14.6. The number of aromatic nitrogens is 4. The van der Waals surface area contributed by atoms with Crippen LogP contribution in [0.5, 0.6) is 0 Å². The first-order chi connectivity index (χ1) is 16.9. The predicted molar refractivity (Wildman–Crippen MR) is 131 cm³/mol. The van der Waals surface area contributed by atoms with Crippen molar-refractivity contribution in [2.24, 2.45) is 11.7 Å². The average molecular weight is 479 g/mol. The molecule has 1 saturated carbocycles. The summed E-state index contributed by atoms with van der Waals surface area (Å²) < 4.78 is 36.3. The maximum atomic E-state index is 14.6. The fourth-order valence-electron chi connectivity index (χ4n) is 5.26. The van der Waals surface area contributed by atoms with Gasteiger partial charge in [0.1, 0.15) is 11.6 Å². The summed E-state index contributed by atoms with van der Waals surface area (Å²) in [6, 6.07) is 7.84. The van der Waals surface area contributed by atoms with E-state index in [9.17, 15) is 8.78 Å². The van der Waals surface area contributed by atoms with Crippen LogP contribution in [0, 0.1) is 24.5 Å². The fourth-order valence-corrected chi connectivity index (χ4v) is 5.26. The molecule has 0 unspecified atom stereocenters. The number of anilines is 2. The van der Waals surface area contributed by atoms with Crippen molar-refractivity contribution < 1.29 is 13.5 Å². The molecule has 9 heteroatoms. The van der Waals surface area contributed by atoms with E-state index in [1.807, 2.05) is 6.07 Å². The predicted octanol–water partition coefficient (Wildman–Crippen LogP) is 4.98. The second kappa shape index (κ2) is 9.31. The molecule has 4 atom stereocenters. The van der Waals surface area contributed by atoms with Gasteiger partial charge in [-0.3, -0.25) is 4.98 Å². The van der Waals surface area contributed by atoms with Gasteiger partial charge in [-0.05, 0) is 73.1 Å². The number of hydrogen-bond acceptors (Lipinski definition) is 6. The van der Waals surface area contributed by atoms with Crippen LogP contribution in [0.3, 0.4) is 0 Å². The van der Waals surface area contributed by atoms with Crippen LogP contribution in [-0.2, 0) is 4.74 Å². The van der Waals surface area contributed by atoms with Gasteiger partial charge < -0.3 is 15.8 Å². The van der Waals surface area contributed by atoms with Crippen LogP contribution in [0.1, 0.15) is 36.8 Å². The van der Waals surface area contributed by atoms with Gasteiger partial charge in [0.05, 0.1) is 41.0 Å². The number of nitrogens with zero attached hydrogens (tertiary/aromatic N) is 4. The highest BCUT2D eigenvalue weighted by molar-refractivity contribution is 5.66. The van der Waals surface area contributed by atoms with Crippen LogP contribution in [-0.4, -0.2) is 38.8 Å². The first-order valence-electron chi connectivity index (χ1n) is 11.7. The Bertz CT molecular complexity index is 1340. The van der Waals surface area contributed by atoms with Gasteiger partial charge in [-0.2, -0.15) is 9.61 Å². The van der Waals surface area contributed by atoms with Gasteiger partial charge in [-0.1, -0.05) is 6.92 Å². The summed E-state index contributed by atoms with van der Waals surface area (Å²) in [4.78, 5) is 8.75. The Hall–Kier alpha value is -3.43. The first-order valence-corrected chi connectivity index (χ1v) is 11.7. The number of imidazole rings is 1. The summed E-state index contributed by atoms with van der Waals surface area (Å²) in [6.45, 7) is 3.80. The summed E-state index contributed by atoms with van der Waals surface area (Å²) >= 11 is 0. The number of benzene rings is 1. The molecule has 0 radical (unpaired) electrons. The lowest BCUT2D eigenvalue weighted by molar-refractivity contribution is 0.00984. The Balaban J connectivity index is 1.49. The number of hydrogen-bond donors (Lipinski definition) is 2. The van der Waals surface area contributed by atoms with Crippen molar-refractivity contribution in [3.8, 4) is 11.3 Å². The first kappa shape index (κ1) is 23.3. The molecule has 1 fully saturated rings. The van der Waals surface area contributed by atoms with E-state index in [-0.39, 0.29) is 29.3 Å². The molecule has 0 spiro atoms. The molecule has 0 aliphatic heterocycles. The molecule has 0 bridgehead atoms. The van der Waals surface area contributed by atoms with Gasteiger partial charge in [0.2, 0.25) is 5.95 Å². The lowest BCUT2D eigenvalue weighted by atomic mass is 9.74. The average Bonchev–Trinajstić information content (AvgIpc) is 3.20. The van der Waals surface area contributed by atoms with E-state index in [4.69, 9.17) is 10.5 Å². The molecule has 3 aromatic heterocycles. The normalized spacial score (nSPS) is 22.5. The Morgan fingerprint density at radius 3 is 2.60 bits per heavy atom. The summed E-state index contributed by atoms with van der Waals surface area (Å²) in [5.74, 6) is -0.355. The Morgan fingerprint density at radius 1 is 1.11 bits per heavy atom. The van der Waals surface area contributed by atoms with E-state index in [0.29, 0.717) is 22.9 Å². The van der Waals surface area contributed by atoms with Crippen molar-refractivity contribution in [2.45, 2.75) is 44.8 Å². The van der Waals surface area contributed by atoms with E-state index in [2.05, 4.69) is 27.3 Å². The monoisotopic (exact) mass is 478 g/mol. The van der Waals surface area contributed by atoms with Gasteiger partial charge in [-0.25, -0.2) is 13.8 Å². The van der Waals surface area contributed by atoms with Crippen LogP contribution in [0.15, 0.2) is 48.9 Å². The van der Waals surface area contributed by atoms with Crippen molar-refractivity contribution in [1.82, 2.24) is 19.6 Å². The van der Waals surface area contributed by atoms with Crippen molar-refractivity contribution >= 4 is 17.2 Å². The van der Waals surface area contributed by atoms with E-state index >= 15 is 0 Å². The largest absolute Gasteiger partial charge is 0.380 e. The summed E-state index contributed by atoms with van der Waals surface area (Å²) in [5.41, 5.74) is 9.50. The van der Waals surface area contributed by atoms with Crippen LogP contribution >= 0.6 is 0 Å². The van der Waals surface area contributed by atoms with Gasteiger partial charge in [-0.15, -0.1) is 0 Å². The number of ether oxygens (including phenoxy) is 1. The molecular weight excluding hydrogens is 450 g/mol. The van der Waals surface area contributed by atoms with Crippen molar-refractivity contribution in [3.63, 3.8) is 0 Å².